The summed E-state index contributed by atoms with van der Waals surface area (Å²) in [6.45, 7) is 2.91. The number of H-pyrrole nitrogens is 1. The third kappa shape index (κ3) is 3.47. The van der Waals surface area contributed by atoms with Crippen LogP contribution < -0.4 is 0 Å². The molecule has 0 radical (unpaired) electrons. The number of aromatic amines is 1. The molecule has 3 aromatic rings. The van der Waals surface area contributed by atoms with Crippen molar-refractivity contribution >= 4 is 0 Å². The third-order valence-corrected chi connectivity index (χ3v) is 4.50. The number of aromatic nitrogens is 4. The molecule has 7 nitrogen and oxygen atoms in total. The van der Waals surface area contributed by atoms with Gasteiger partial charge in [-0.3, -0.25) is 10.00 Å². The zero-order chi connectivity index (χ0) is 17.1. The zero-order valence-corrected chi connectivity index (χ0v) is 14.2. The molecule has 0 aliphatic carbocycles. The first-order valence-electron chi connectivity index (χ1n) is 8.48. The Morgan fingerprint density at radius 3 is 2.88 bits per heavy atom. The van der Waals surface area contributed by atoms with Crippen LogP contribution in [0.15, 0.2) is 34.9 Å². The molecule has 3 heterocycles. The van der Waals surface area contributed by atoms with E-state index in [1.54, 1.807) is 7.11 Å². The highest BCUT2D eigenvalue weighted by Gasteiger charge is 2.21. The lowest BCUT2D eigenvalue weighted by Gasteiger charge is -2.17. The van der Waals surface area contributed by atoms with Gasteiger partial charge in [0.05, 0.1) is 12.2 Å². The minimum absolute atomic E-state index is 0.375. The molecule has 0 bridgehead atoms. The lowest BCUT2D eigenvalue weighted by molar-refractivity contribution is 0.174. The van der Waals surface area contributed by atoms with Crippen molar-refractivity contribution in [1.82, 2.24) is 25.2 Å². The number of nitrogens with one attached hydrogen (secondary N) is 1. The predicted molar refractivity (Wildman–Crippen MR) is 91.7 cm³/mol. The molecule has 0 spiro atoms. The van der Waals surface area contributed by atoms with Crippen molar-refractivity contribution in [3.8, 4) is 11.3 Å². The van der Waals surface area contributed by atoms with Gasteiger partial charge in [-0.05, 0) is 6.42 Å². The van der Waals surface area contributed by atoms with Crippen LogP contribution in [-0.4, -0.2) is 45.4 Å². The van der Waals surface area contributed by atoms with E-state index in [1.165, 1.54) is 11.3 Å². The fourth-order valence-electron chi connectivity index (χ4n) is 3.26. The molecule has 1 N–H and O–H groups in total. The summed E-state index contributed by atoms with van der Waals surface area (Å²) in [4.78, 5) is 6.70. The van der Waals surface area contributed by atoms with E-state index in [9.17, 15) is 0 Å². The number of hydrogen-bond acceptors (Lipinski definition) is 6. The highest BCUT2D eigenvalue weighted by molar-refractivity contribution is 5.64. The monoisotopic (exact) mass is 339 g/mol. The van der Waals surface area contributed by atoms with E-state index in [0.717, 1.165) is 37.2 Å². The molecule has 0 unspecified atom stereocenters. The molecule has 0 fully saturated rings. The van der Waals surface area contributed by atoms with Gasteiger partial charge >= 0.3 is 0 Å². The molecular formula is C18H21N5O2. The average Bonchev–Trinajstić information content (AvgIpc) is 3.20. The summed E-state index contributed by atoms with van der Waals surface area (Å²) in [6.07, 6.45) is 1.89. The van der Waals surface area contributed by atoms with Crippen LogP contribution >= 0.6 is 0 Å². The number of fused-ring (bicyclic) bond motifs is 1. The van der Waals surface area contributed by atoms with E-state index >= 15 is 0 Å². The predicted octanol–water partition coefficient (Wildman–Crippen LogP) is 2.21. The number of hydrogen-bond donors (Lipinski definition) is 1. The molecule has 1 aromatic carbocycles. The topological polar surface area (TPSA) is 80.1 Å². The van der Waals surface area contributed by atoms with Crippen LogP contribution in [0.1, 0.15) is 23.0 Å². The second kappa shape index (κ2) is 7.16. The van der Waals surface area contributed by atoms with E-state index in [4.69, 9.17) is 9.26 Å². The molecule has 1 aliphatic rings. The second-order valence-electron chi connectivity index (χ2n) is 6.21. The summed E-state index contributed by atoms with van der Waals surface area (Å²) in [6, 6.07) is 10.3. The normalized spacial score (nSPS) is 15.1. The Bertz CT molecular complexity index is 827. The number of rotatable bonds is 5. The van der Waals surface area contributed by atoms with Gasteiger partial charge in [0.25, 0.3) is 0 Å². The lowest BCUT2D eigenvalue weighted by Crippen LogP contribution is -2.26. The lowest BCUT2D eigenvalue weighted by atomic mass is 10.0. The number of ether oxygens (including phenoxy) is 1. The highest BCUT2D eigenvalue weighted by Crippen LogP contribution is 2.26. The maximum absolute atomic E-state index is 5.31. The molecule has 2 aromatic heterocycles. The average molecular weight is 339 g/mol. The number of benzene rings is 1. The van der Waals surface area contributed by atoms with E-state index in [1.807, 2.05) is 18.2 Å². The van der Waals surface area contributed by atoms with Crippen LogP contribution in [0.4, 0.5) is 0 Å². The Morgan fingerprint density at radius 1 is 1.20 bits per heavy atom. The van der Waals surface area contributed by atoms with Crippen LogP contribution in [0.2, 0.25) is 0 Å². The van der Waals surface area contributed by atoms with Gasteiger partial charge in [-0.25, -0.2) is 0 Å². The fraction of sp³-hybridized carbons (Fsp3) is 0.389. The Hall–Kier alpha value is -2.51. The summed E-state index contributed by atoms with van der Waals surface area (Å²) in [5.74, 6) is 1.23. The van der Waals surface area contributed by atoms with Crippen molar-refractivity contribution in [2.75, 3.05) is 20.2 Å². The van der Waals surface area contributed by atoms with Crippen LogP contribution in [0.3, 0.4) is 0 Å². The van der Waals surface area contributed by atoms with Gasteiger partial charge in [0.1, 0.15) is 6.61 Å². The smallest absolute Gasteiger partial charge is 0.240 e. The van der Waals surface area contributed by atoms with Gasteiger partial charge in [-0.1, -0.05) is 35.5 Å². The van der Waals surface area contributed by atoms with Gasteiger partial charge in [0.15, 0.2) is 5.82 Å². The summed E-state index contributed by atoms with van der Waals surface area (Å²) < 4.78 is 10.3. The minimum Gasteiger partial charge on any atom is -0.377 e. The van der Waals surface area contributed by atoms with Crippen molar-refractivity contribution in [3.63, 3.8) is 0 Å². The molecule has 130 valence electrons. The standard InChI is InChI=1S/C18H21N5O2/c1-24-12-16-19-17(25-22-16)11-23-9-7-14-15(8-10-23)20-21-18(14)13-5-3-2-4-6-13/h2-6H,7-12H2,1H3,(H,20,21). The van der Waals surface area contributed by atoms with E-state index in [-0.39, 0.29) is 0 Å². The molecular weight excluding hydrogens is 318 g/mol. The first-order valence-corrected chi connectivity index (χ1v) is 8.48. The Labute approximate surface area is 146 Å². The van der Waals surface area contributed by atoms with Crippen molar-refractivity contribution in [2.45, 2.75) is 26.0 Å². The minimum atomic E-state index is 0.375. The molecule has 0 amide bonds. The van der Waals surface area contributed by atoms with Gasteiger partial charge in [-0.15, -0.1) is 0 Å². The molecule has 0 saturated heterocycles. The second-order valence-corrected chi connectivity index (χ2v) is 6.21. The van der Waals surface area contributed by atoms with Crippen LogP contribution in [0, 0.1) is 0 Å². The summed E-state index contributed by atoms with van der Waals surface area (Å²) in [7, 11) is 1.62. The summed E-state index contributed by atoms with van der Waals surface area (Å²) >= 11 is 0. The first kappa shape index (κ1) is 16.0. The van der Waals surface area contributed by atoms with Gasteiger partial charge in [-0.2, -0.15) is 10.1 Å². The Kier molecular flexibility index (Phi) is 4.58. The maximum atomic E-state index is 5.31. The molecule has 1 aliphatic heterocycles. The molecule has 0 atom stereocenters. The van der Waals surface area contributed by atoms with Crippen LogP contribution in [0.25, 0.3) is 11.3 Å². The summed E-state index contributed by atoms with van der Waals surface area (Å²) in [5.41, 5.74) is 4.78. The third-order valence-electron chi connectivity index (χ3n) is 4.50. The largest absolute Gasteiger partial charge is 0.377 e. The van der Waals surface area contributed by atoms with Crippen molar-refractivity contribution < 1.29 is 9.26 Å². The number of methoxy groups -OCH3 is 1. The van der Waals surface area contributed by atoms with Crippen molar-refractivity contribution in [1.29, 1.82) is 0 Å². The van der Waals surface area contributed by atoms with E-state index < -0.39 is 0 Å². The molecule has 4 rings (SSSR count). The van der Waals surface area contributed by atoms with E-state index in [2.05, 4.69) is 37.4 Å². The van der Waals surface area contributed by atoms with Crippen molar-refractivity contribution in [2.24, 2.45) is 0 Å². The van der Waals surface area contributed by atoms with Gasteiger partial charge < -0.3 is 9.26 Å². The highest BCUT2D eigenvalue weighted by atomic mass is 16.5. The molecule has 0 saturated carbocycles. The number of nitrogens with zero attached hydrogens (tertiary/aromatic N) is 4. The van der Waals surface area contributed by atoms with Crippen LogP contribution in [-0.2, 0) is 30.7 Å². The Balaban J connectivity index is 1.46. The SMILES string of the molecule is COCc1noc(CN2CCc3[nH]nc(-c4ccccc4)c3CC2)n1. The zero-order valence-electron chi connectivity index (χ0n) is 14.2. The molecule has 25 heavy (non-hydrogen) atoms. The quantitative estimate of drug-likeness (QED) is 0.768. The summed E-state index contributed by atoms with van der Waals surface area (Å²) in [5, 5.41) is 11.7. The maximum Gasteiger partial charge on any atom is 0.240 e. The van der Waals surface area contributed by atoms with E-state index in [0.29, 0.717) is 24.9 Å². The van der Waals surface area contributed by atoms with Crippen molar-refractivity contribution in [3.05, 3.63) is 53.3 Å². The Morgan fingerprint density at radius 2 is 2.04 bits per heavy atom. The van der Waals surface area contributed by atoms with Crippen LogP contribution in [0.5, 0.6) is 0 Å². The van der Waals surface area contributed by atoms with Gasteiger partial charge in [0, 0.05) is 43.4 Å². The van der Waals surface area contributed by atoms with Gasteiger partial charge in [0.2, 0.25) is 5.89 Å². The fourth-order valence-corrected chi connectivity index (χ4v) is 3.26. The molecule has 7 heteroatoms. The first-order chi connectivity index (χ1) is 12.3.